The van der Waals surface area contributed by atoms with E-state index in [0.29, 0.717) is 0 Å². The number of nitrogens with zero attached hydrogens (tertiary/aromatic N) is 1. The van der Waals surface area contributed by atoms with E-state index in [1.807, 2.05) is 0 Å². The highest BCUT2D eigenvalue weighted by Gasteiger charge is 2.21. The maximum absolute atomic E-state index is 13.4. The zero-order chi connectivity index (χ0) is 15.5. The third-order valence-electron chi connectivity index (χ3n) is 2.66. The molecule has 0 fully saturated rings. The van der Waals surface area contributed by atoms with Crippen molar-refractivity contribution < 1.29 is 26.8 Å². The van der Waals surface area contributed by atoms with E-state index < -0.39 is 45.6 Å². The number of aromatic nitrogens is 1. The van der Waals surface area contributed by atoms with Crippen LogP contribution in [0.25, 0.3) is 0 Å². The van der Waals surface area contributed by atoms with Crippen molar-refractivity contribution in [3.8, 4) is 0 Å². The van der Waals surface area contributed by atoms with E-state index in [0.717, 1.165) is 18.2 Å². The van der Waals surface area contributed by atoms with E-state index in [2.05, 4.69) is 14.4 Å². The summed E-state index contributed by atoms with van der Waals surface area (Å²) in [4.78, 5) is 0. The van der Waals surface area contributed by atoms with Crippen LogP contribution in [0.2, 0.25) is 0 Å². The number of rotatable bonds is 6. The van der Waals surface area contributed by atoms with Crippen LogP contribution in [0, 0.1) is 11.6 Å². The maximum Gasteiger partial charge on any atom is 0.217 e. The largest absolute Gasteiger partial charge is 0.387 e. The molecule has 1 atom stereocenters. The van der Waals surface area contributed by atoms with Crippen LogP contribution in [0.3, 0.4) is 0 Å². The van der Waals surface area contributed by atoms with Gasteiger partial charge in [0.15, 0.2) is 0 Å². The molecule has 2 rings (SSSR count). The fraction of sp³-hybridized carbons (Fsp3) is 0.250. The van der Waals surface area contributed by atoms with Crippen LogP contribution in [0.1, 0.15) is 17.4 Å². The lowest BCUT2D eigenvalue weighted by Gasteiger charge is -2.13. The van der Waals surface area contributed by atoms with Gasteiger partial charge in [-0.3, -0.25) is 0 Å². The first-order valence-corrected chi connectivity index (χ1v) is 7.53. The van der Waals surface area contributed by atoms with Gasteiger partial charge in [-0.25, -0.2) is 21.9 Å². The van der Waals surface area contributed by atoms with Gasteiger partial charge in [-0.1, -0.05) is 11.2 Å². The van der Waals surface area contributed by atoms with E-state index in [1.54, 1.807) is 0 Å². The highest BCUT2D eigenvalue weighted by atomic mass is 32.2. The Morgan fingerprint density at radius 1 is 1.29 bits per heavy atom. The molecule has 1 unspecified atom stereocenters. The first-order valence-electron chi connectivity index (χ1n) is 5.87. The first kappa shape index (κ1) is 15.5. The fourth-order valence-electron chi connectivity index (χ4n) is 1.69. The molecule has 0 amide bonds. The summed E-state index contributed by atoms with van der Waals surface area (Å²) in [6.45, 7) is -0.558. The Hall–Kier alpha value is -1.84. The van der Waals surface area contributed by atoms with E-state index in [-0.39, 0.29) is 5.69 Å². The number of hydrogen-bond acceptors (Lipinski definition) is 5. The number of aliphatic hydroxyl groups excluding tert-OH is 1. The zero-order valence-corrected chi connectivity index (χ0v) is 11.5. The molecular weight excluding hydrogens is 306 g/mol. The summed E-state index contributed by atoms with van der Waals surface area (Å²) < 4.78 is 56.8. The Morgan fingerprint density at radius 2 is 1.95 bits per heavy atom. The van der Waals surface area contributed by atoms with Crippen molar-refractivity contribution in [3.63, 3.8) is 0 Å². The van der Waals surface area contributed by atoms with Gasteiger partial charge < -0.3 is 9.63 Å². The number of halogens is 2. The SMILES string of the molecule is O=S(=O)(Cc1ccon1)NCC(O)c1c(F)cccc1F. The average molecular weight is 318 g/mol. The number of nitrogens with one attached hydrogen (secondary N) is 1. The van der Waals surface area contributed by atoms with Crippen LogP contribution in [-0.2, 0) is 15.8 Å². The van der Waals surface area contributed by atoms with Gasteiger partial charge in [-0.05, 0) is 12.1 Å². The Morgan fingerprint density at radius 3 is 2.52 bits per heavy atom. The average Bonchev–Trinajstić information content (AvgIpc) is 2.88. The van der Waals surface area contributed by atoms with Gasteiger partial charge in [0.05, 0.1) is 17.4 Å². The highest BCUT2D eigenvalue weighted by Crippen LogP contribution is 2.20. The standard InChI is InChI=1S/C12H12F2N2O4S/c13-9-2-1-3-10(14)12(9)11(17)6-15-21(18,19)7-8-4-5-20-16-8/h1-5,11,15,17H,6-7H2. The van der Waals surface area contributed by atoms with E-state index in [9.17, 15) is 22.3 Å². The molecule has 0 aliphatic heterocycles. The predicted molar refractivity (Wildman–Crippen MR) is 68.4 cm³/mol. The summed E-state index contributed by atoms with van der Waals surface area (Å²) in [6.07, 6.45) is -0.424. The Bertz CT molecular complexity index is 684. The molecule has 1 aromatic carbocycles. The molecule has 9 heteroatoms. The van der Waals surface area contributed by atoms with Gasteiger partial charge in [0.2, 0.25) is 10.0 Å². The second-order valence-corrected chi connectivity index (χ2v) is 6.06. The summed E-state index contributed by atoms with van der Waals surface area (Å²) in [6, 6.07) is 4.47. The van der Waals surface area contributed by atoms with Crippen LogP contribution in [-0.4, -0.2) is 25.2 Å². The van der Waals surface area contributed by atoms with Crippen LogP contribution in [0.4, 0.5) is 8.78 Å². The lowest BCUT2D eigenvalue weighted by atomic mass is 10.1. The molecule has 6 nitrogen and oxygen atoms in total. The van der Waals surface area contributed by atoms with Crippen LogP contribution in [0.5, 0.6) is 0 Å². The Kier molecular flexibility index (Phi) is 4.66. The minimum absolute atomic E-state index is 0.175. The molecule has 0 saturated heterocycles. The van der Waals surface area contributed by atoms with Crippen molar-refractivity contribution in [2.75, 3.05) is 6.54 Å². The van der Waals surface area contributed by atoms with Crippen LogP contribution in [0.15, 0.2) is 35.1 Å². The minimum Gasteiger partial charge on any atom is -0.387 e. The number of aliphatic hydroxyl groups is 1. The second kappa shape index (κ2) is 6.29. The van der Waals surface area contributed by atoms with E-state index in [1.165, 1.54) is 12.3 Å². The number of hydrogen-bond donors (Lipinski definition) is 2. The van der Waals surface area contributed by atoms with Crippen molar-refractivity contribution in [2.45, 2.75) is 11.9 Å². The van der Waals surface area contributed by atoms with Gasteiger partial charge in [0, 0.05) is 12.6 Å². The molecule has 0 radical (unpaired) electrons. The summed E-state index contributed by atoms with van der Waals surface area (Å²) in [5, 5.41) is 13.2. The van der Waals surface area contributed by atoms with Gasteiger partial charge in [-0.15, -0.1) is 0 Å². The normalized spacial score (nSPS) is 13.3. The second-order valence-electron chi connectivity index (χ2n) is 4.25. The molecular formula is C12H12F2N2O4S. The molecule has 0 aliphatic rings. The monoisotopic (exact) mass is 318 g/mol. The molecule has 0 spiro atoms. The molecule has 1 heterocycles. The van der Waals surface area contributed by atoms with Gasteiger partial charge in [-0.2, -0.15) is 0 Å². The Labute approximate surface area is 119 Å². The molecule has 0 aliphatic carbocycles. The molecule has 0 bridgehead atoms. The minimum atomic E-state index is -3.81. The summed E-state index contributed by atoms with van der Waals surface area (Å²) >= 11 is 0. The van der Waals surface area contributed by atoms with Crippen molar-refractivity contribution in [3.05, 3.63) is 53.4 Å². The number of sulfonamides is 1. The lowest BCUT2D eigenvalue weighted by molar-refractivity contribution is 0.172. The van der Waals surface area contributed by atoms with Gasteiger partial charge in [0.25, 0.3) is 0 Å². The smallest absolute Gasteiger partial charge is 0.217 e. The zero-order valence-electron chi connectivity index (χ0n) is 10.7. The summed E-state index contributed by atoms with van der Waals surface area (Å²) in [7, 11) is -3.81. The Balaban J connectivity index is 2.02. The molecule has 114 valence electrons. The van der Waals surface area contributed by atoms with Gasteiger partial charge in [0.1, 0.15) is 23.7 Å². The molecule has 21 heavy (non-hydrogen) atoms. The fourth-order valence-corrected chi connectivity index (χ4v) is 2.75. The van der Waals surface area contributed by atoms with E-state index in [4.69, 9.17) is 0 Å². The predicted octanol–water partition coefficient (Wildman–Crippen LogP) is 1.11. The summed E-state index contributed by atoms with van der Waals surface area (Å²) in [5.41, 5.74) is -0.407. The summed E-state index contributed by atoms with van der Waals surface area (Å²) in [5.74, 6) is -2.35. The third-order valence-corrected chi connectivity index (χ3v) is 3.94. The van der Waals surface area contributed by atoms with Crippen molar-refractivity contribution in [1.29, 1.82) is 0 Å². The van der Waals surface area contributed by atoms with Crippen molar-refractivity contribution >= 4 is 10.0 Å². The molecule has 2 N–H and O–H groups in total. The van der Waals surface area contributed by atoms with Gasteiger partial charge >= 0.3 is 0 Å². The lowest BCUT2D eigenvalue weighted by Crippen LogP contribution is -2.30. The van der Waals surface area contributed by atoms with Crippen LogP contribution < -0.4 is 4.72 Å². The number of benzene rings is 1. The maximum atomic E-state index is 13.4. The molecule has 2 aromatic rings. The molecule has 1 aromatic heterocycles. The first-order chi connectivity index (χ1) is 9.89. The van der Waals surface area contributed by atoms with E-state index >= 15 is 0 Å². The quantitative estimate of drug-likeness (QED) is 0.832. The highest BCUT2D eigenvalue weighted by molar-refractivity contribution is 7.88. The third kappa shape index (κ3) is 4.06. The topological polar surface area (TPSA) is 92.4 Å². The van der Waals surface area contributed by atoms with Crippen molar-refractivity contribution in [1.82, 2.24) is 9.88 Å². The van der Waals surface area contributed by atoms with Crippen LogP contribution >= 0.6 is 0 Å². The van der Waals surface area contributed by atoms with Crippen molar-refractivity contribution in [2.24, 2.45) is 0 Å². The molecule has 0 saturated carbocycles.